The Morgan fingerprint density at radius 3 is 2.06 bits per heavy atom. The van der Waals surface area contributed by atoms with Gasteiger partial charge in [0.15, 0.2) is 11.6 Å². The van der Waals surface area contributed by atoms with Crippen LogP contribution in [0.1, 0.15) is 12.8 Å². The molecule has 2 aromatic rings. The van der Waals surface area contributed by atoms with Crippen LogP contribution >= 0.6 is 15.9 Å². The van der Waals surface area contributed by atoms with Gasteiger partial charge < -0.3 is 14.5 Å². The van der Waals surface area contributed by atoms with Crippen LogP contribution in [0.3, 0.4) is 0 Å². The smallest absolute Gasteiger partial charge is 0.244 e. The molecule has 0 radical (unpaired) electrons. The van der Waals surface area contributed by atoms with Crippen LogP contribution in [0, 0.1) is 0 Å². The highest BCUT2D eigenvalue weighted by atomic mass is 79.9. The van der Waals surface area contributed by atoms with E-state index < -0.39 is 10.0 Å². The van der Waals surface area contributed by atoms with Gasteiger partial charge >= 0.3 is 0 Å². The summed E-state index contributed by atoms with van der Waals surface area (Å²) >= 11 is 3.36. The summed E-state index contributed by atoms with van der Waals surface area (Å²) in [6.45, 7) is 7.83. The van der Waals surface area contributed by atoms with Crippen molar-refractivity contribution < 1.29 is 13.2 Å². The number of ether oxygens (including phenoxy) is 1. The van der Waals surface area contributed by atoms with Crippen LogP contribution in [0.5, 0.6) is 0 Å². The molecule has 3 fully saturated rings. The van der Waals surface area contributed by atoms with Crippen LogP contribution in [0.2, 0.25) is 0 Å². The van der Waals surface area contributed by atoms with Crippen molar-refractivity contribution in [3.05, 3.63) is 40.9 Å². The summed E-state index contributed by atoms with van der Waals surface area (Å²) in [6.07, 6.45) is 2.76. The van der Waals surface area contributed by atoms with Crippen molar-refractivity contribution in [3.63, 3.8) is 0 Å². The molecule has 1 unspecified atom stereocenters. The predicted octanol–water partition coefficient (Wildman–Crippen LogP) is 2.05. The van der Waals surface area contributed by atoms with E-state index in [2.05, 4.69) is 40.8 Å². The summed E-state index contributed by atoms with van der Waals surface area (Å²) in [6, 6.07) is 11.0. The van der Waals surface area contributed by atoms with E-state index in [1.165, 1.54) is 12.8 Å². The number of sulfonamides is 1. The molecular formula is C23H31BrN6O3S. The molecule has 4 heterocycles. The second-order valence-corrected chi connectivity index (χ2v) is 11.8. The monoisotopic (exact) mass is 550 g/mol. The minimum atomic E-state index is -3.53. The molecular weight excluding hydrogens is 520 g/mol. The van der Waals surface area contributed by atoms with Crippen molar-refractivity contribution in [2.75, 3.05) is 75.3 Å². The fourth-order valence-corrected chi connectivity index (χ4v) is 7.23. The zero-order chi connectivity index (χ0) is 23.5. The van der Waals surface area contributed by atoms with Crippen molar-refractivity contribution >= 4 is 37.6 Å². The summed E-state index contributed by atoms with van der Waals surface area (Å²) in [5.74, 6) is 1.69. The van der Waals surface area contributed by atoms with Gasteiger partial charge in [-0.05, 0) is 53.0 Å². The highest BCUT2D eigenvalue weighted by Crippen LogP contribution is 2.26. The maximum Gasteiger partial charge on any atom is 0.244 e. The van der Waals surface area contributed by atoms with Crippen LogP contribution in [0.15, 0.2) is 45.8 Å². The fourth-order valence-electron chi connectivity index (χ4n) is 4.84. The first-order chi connectivity index (χ1) is 16.5. The zero-order valence-corrected chi connectivity index (χ0v) is 21.6. The van der Waals surface area contributed by atoms with Crippen LogP contribution in [-0.4, -0.2) is 99.4 Å². The van der Waals surface area contributed by atoms with E-state index in [9.17, 15) is 8.42 Å². The molecule has 1 atom stereocenters. The molecule has 0 saturated carbocycles. The first-order valence-corrected chi connectivity index (χ1v) is 14.2. The Labute approximate surface area is 209 Å². The maximum atomic E-state index is 13.0. The fraction of sp³-hybridized carbons (Fsp3) is 0.565. The van der Waals surface area contributed by atoms with E-state index >= 15 is 0 Å². The van der Waals surface area contributed by atoms with E-state index in [4.69, 9.17) is 4.74 Å². The lowest BCUT2D eigenvalue weighted by atomic mass is 10.2. The Bertz CT molecular complexity index is 1060. The molecule has 0 aliphatic carbocycles. The number of benzene rings is 1. The number of rotatable bonds is 6. The van der Waals surface area contributed by atoms with Gasteiger partial charge in [-0.25, -0.2) is 8.42 Å². The van der Waals surface area contributed by atoms with Crippen LogP contribution in [-0.2, 0) is 14.8 Å². The summed E-state index contributed by atoms with van der Waals surface area (Å²) in [7, 11) is -3.53. The Morgan fingerprint density at radius 2 is 1.50 bits per heavy atom. The van der Waals surface area contributed by atoms with Crippen LogP contribution in [0.4, 0.5) is 11.6 Å². The molecule has 1 aromatic heterocycles. The number of piperazine rings is 2. The normalized spacial score (nSPS) is 22.9. The van der Waals surface area contributed by atoms with Gasteiger partial charge in [0.25, 0.3) is 0 Å². The molecule has 11 heteroatoms. The Morgan fingerprint density at radius 1 is 0.882 bits per heavy atom. The van der Waals surface area contributed by atoms with Crippen LogP contribution in [0.25, 0.3) is 0 Å². The number of halogens is 1. The number of hydrogen-bond donors (Lipinski definition) is 0. The van der Waals surface area contributed by atoms with Crippen molar-refractivity contribution in [2.24, 2.45) is 0 Å². The number of anilines is 2. The van der Waals surface area contributed by atoms with Gasteiger partial charge in [0.05, 0.1) is 11.0 Å². The van der Waals surface area contributed by atoms with E-state index in [1.54, 1.807) is 22.5 Å². The molecule has 0 amide bonds. The Balaban J connectivity index is 1.14. The molecule has 0 bridgehead atoms. The van der Waals surface area contributed by atoms with E-state index in [0.29, 0.717) is 41.7 Å². The maximum absolute atomic E-state index is 13.0. The second-order valence-electron chi connectivity index (χ2n) is 8.99. The molecule has 0 N–H and O–H groups in total. The predicted molar refractivity (Wildman–Crippen MR) is 135 cm³/mol. The highest BCUT2D eigenvalue weighted by molar-refractivity contribution is 9.10. The zero-order valence-electron chi connectivity index (χ0n) is 19.2. The van der Waals surface area contributed by atoms with E-state index in [-0.39, 0.29) is 0 Å². The van der Waals surface area contributed by atoms with E-state index in [1.807, 2.05) is 18.2 Å². The first kappa shape index (κ1) is 23.9. The summed E-state index contributed by atoms with van der Waals surface area (Å²) in [5.41, 5.74) is 0. The number of hydrogen-bond acceptors (Lipinski definition) is 8. The van der Waals surface area contributed by atoms with Crippen LogP contribution < -0.4 is 9.80 Å². The Hall–Kier alpha value is -1.79. The highest BCUT2D eigenvalue weighted by Gasteiger charge is 2.30. The molecule has 3 saturated heterocycles. The van der Waals surface area contributed by atoms with Crippen molar-refractivity contribution in [1.82, 2.24) is 19.4 Å². The van der Waals surface area contributed by atoms with Gasteiger partial charge in [-0.15, -0.1) is 10.2 Å². The number of nitrogens with zero attached hydrogens (tertiary/aromatic N) is 6. The Kier molecular flexibility index (Phi) is 7.35. The van der Waals surface area contributed by atoms with Crippen molar-refractivity contribution in [2.45, 2.75) is 23.8 Å². The standard InChI is InChI=1S/C23H31BrN6O3S/c24-20-5-1-2-6-21(20)34(31,32)30-15-13-29(14-16-30)23-8-7-22(25-26-23)28-11-9-27(10-12-28)18-19-4-3-17-33-19/h1-2,5-8,19H,3-4,9-18H2. The SMILES string of the molecule is O=S(=O)(c1ccccc1Br)N1CCN(c2ccc(N3CCN(CC4CCCO4)CC3)nn2)CC1. The molecule has 34 heavy (non-hydrogen) atoms. The molecule has 3 aliphatic heterocycles. The lowest BCUT2D eigenvalue weighted by molar-refractivity contribution is 0.0712. The average molecular weight is 552 g/mol. The van der Waals surface area contributed by atoms with Crippen molar-refractivity contribution in [1.29, 1.82) is 0 Å². The summed E-state index contributed by atoms with van der Waals surface area (Å²) in [4.78, 5) is 7.17. The van der Waals surface area contributed by atoms with E-state index in [0.717, 1.165) is 51.0 Å². The van der Waals surface area contributed by atoms with Crippen molar-refractivity contribution in [3.8, 4) is 0 Å². The summed E-state index contributed by atoms with van der Waals surface area (Å²) in [5, 5.41) is 8.95. The van der Waals surface area contributed by atoms with Gasteiger partial charge in [0, 0.05) is 70.0 Å². The molecule has 9 nitrogen and oxygen atoms in total. The third-order valence-electron chi connectivity index (χ3n) is 6.84. The van der Waals surface area contributed by atoms with Gasteiger partial charge in [-0.1, -0.05) is 12.1 Å². The quantitative estimate of drug-likeness (QED) is 0.540. The molecule has 1 aromatic carbocycles. The molecule has 0 spiro atoms. The first-order valence-electron chi connectivity index (χ1n) is 11.9. The number of aromatic nitrogens is 2. The minimum absolute atomic E-state index is 0.309. The average Bonchev–Trinajstić information content (AvgIpc) is 3.38. The minimum Gasteiger partial charge on any atom is -0.377 e. The van der Waals surface area contributed by atoms with Gasteiger partial charge in [0.1, 0.15) is 0 Å². The van der Waals surface area contributed by atoms with Gasteiger partial charge in [-0.3, -0.25) is 4.90 Å². The molecule has 184 valence electrons. The third-order valence-corrected chi connectivity index (χ3v) is 9.75. The lowest BCUT2D eigenvalue weighted by Crippen LogP contribution is -2.49. The molecule has 5 rings (SSSR count). The third kappa shape index (κ3) is 5.23. The van der Waals surface area contributed by atoms with Gasteiger partial charge in [-0.2, -0.15) is 4.31 Å². The molecule has 3 aliphatic rings. The largest absolute Gasteiger partial charge is 0.377 e. The topological polar surface area (TPSA) is 82.1 Å². The summed E-state index contributed by atoms with van der Waals surface area (Å²) < 4.78 is 34.0. The lowest BCUT2D eigenvalue weighted by Gasteiger charge is -2.36. The second kappa shape index (κ2) is 10.4. The van der Waals surface area contributed by atoms with Gasteiger partial charge in [0.2, 0.25) is 10.0 Å².